The Morgan fingerprint density at radius 3 is 2.57 bits per heavy atom. The maximum Gasteiger partial charge on any atom is 0.269 e. The first-order chi connectivity index (χ1) is 11.0. The highest BCUT2D eigenvalue weighted by Gasteiger charge is 2.37. The molecular weight excluding hydrogens is 290 g/mol. The van der Waals surface area contributed by atoms with Crippen LogP contribution in [0.1, 0.15) is 25.0 Å². The van der Waals surface area contributed by atoms with Crippen molar-refractivity contribution in [2.45, 2.75) is 33.4 Å². The smallest absolute Gasteiger partial charge is 0.269 e. The van der Waals surface area contributed by atoms with E-state index in [2.05, 4.69) is 4.98 Å². The fourth-order valence-electron chi connectivity index (χ4n) is 2.63. The Kier molecular flexibility index (Phi) is 3.94. The largest absolute Gasteiger partial charge is 0.476 e. The van der Waals surface area contributed by atoms with Crippen molar-refractivity contribution in [1.82, 2.24) is 4.98 Å². The Labute approximate surface area is 136 Å². The van der Waals surface area contributed by atoms with Crippen LogP contribution in [0.25, 0.3) is 0 Å². The number of amides is 1. The Morgan fingerprint density at radius 1 is 1.22 bits per heavy atom. The summed E-state index contributed by atoms with van der Waals surface area (Å²) >= 11 is 0. The molecule has 23 heavy (non-hydrogen) atoms. The van der Waals surface area contributed by atoms with Gasteiger partial charge in [-0.1, -0.05) is 43.7 Å². The van der Waals surface area contributed by atoms with Gasteiger partial charge in [0, 0.05) is 0 Å². The molecule has 0 bridgehead atoms. The van der Waals surface area contributed by atoms with Gasteiger partial charge < -0.3 is 10.5 Å². The van der Waals surface area contributed by atoms with Crippen molar-refractivity contribution >= 4 is 17.5 Å². The highest BCUT2D eigenvalue weighted by atomic mass is 16.5. The van der Waals surface area contributed by atoms with Gasteiger partial charge in [0.05, 0.1) is 6.54 Å². The van der Waals surface area contributed by atoms with E-state index in [0.717, 1.165) is 5.56 Å². The fourth-order valence-corrected chi connectivity index (χ4v) is 2.63. The number of nitrogens with two attached hydrogens (primary N) is 1. The first-order valence-corrected chi connectivity index (χ1v) is 7.76. The molecule has 2 N–H and O–H groups in total. The molecule has 1 aliphatic heterocycles. The summed E-state index contributed by atoms with van der Waals surface area (Å²) in [6.45, 7) is 6.44. The van der Waals surface area contributed by atoms with E-state index in [9.17, 15) is 4.79 Å². The van der Waals surface area contributed by atoms with Gasteiger partial charge in [0.1, 0.15) is 5.82 Å². The molecule has 2 aromatic rings. The number of pyridine rings is 1. The highest BCUT2D eigenvalue weighted by molar-refractivity contribution is 5.99. The van der Waals surface area contributed by atoms with Gasteiger partial charge in [0.25, 0.3) is 5.91 Å². The van der Waals surface area contributed by atoms with E-state index < -0.39 is 6.10 Å². The van der Waals surface area contributed by atoms with E-state index >= 15 is 0 Å². The number of anilines is 2. The van der Waals surface area contributed by atoms with Crippen molar-refractivity contribution in [3.8, 4) is 5.75 Å². The summed E-state index contributed by atoms with van der Waals surface area (Å²) < 4.78 is 5.84. The molecule has 1 aliphatic rings. The molecule has 0 saturated carbocycles. The number of ether oxygens (including phenoxy) is 1. The van der Waals surface area contributed by atoms with Crippen LogP contribution in [0, 0.1) is 12.8 Å². The number of nitrogens with zero attached hydrogens (tertiary/aromatic N) is 2. The molecule has 1 aromatic heterocycles. The number of carbonyl (C=O) groups is 1. The van der Waals surface area contributed by atoms with E-state index in [4.69, 9.17) is 10.5 Å². The number of aryl methyl sites for hydroxylation is 1. The lowest BCUT2D eigenvalue weighted by Gasteiger charge is -2.35. The van der Waals surface area contributed by atoms with Gasteiger partial charge in [-0.25, -0.2) is 4.98 Å². The zero-order valence-corrected chi connectivity index (χ0v) is 13.6. The van der Waals surface area contributed by atoms with Gasteiger partial charge in [0.15, 0.2) is 17.7 Å². The molecule has 1 atom stereocenters. The predicted octanol–water partition coefficient (Wildman–Crippen LogP) is 2.92. The van der Waals surface area contributed by atoms with Crippen LogP contribution in [0.3, 0.4) is 0 Å². The van der Waals surface area contributed by atoms with E-state index in [0.29, 0.717) is 23.9 Å². The van der Waals surface area contributed by atoms with E-state index in [1.165, 1.54) is 5.56 Å². The molecule has 5 nitrogen and oxygen atoms in total. The van der Waals surface area contributed by atoms with Gasteiger partial charge in [-0.2, -0.15) is 0 Å². The minimum atomic E-state index is -0.502. The van der Waals surface area contributed by atoms with Crippen LogP contribution in [-0.2, 0) is 11.3 Å². The number of rotatable bonds is 3. The summed E-state index contributed by atoms with van der Waals surface area (Å²) in [7, 11) is 0. The third-order valence-electron chi connectivity index (χ3n) is 3.95. The molecule has 1 aromatic carbocycles. The number of nitrogen functional groups attached to an aromatic ring is 1. The molecule has 1 amide bonds. The van der Waals surface area contributed by atoms with E-state index in [1.54, 1.807) is 17.0 Å². The normalized spacial score (nSPS) is 17.1. The molecule has 120 valence electrons. The van der Waals surface area contributed by atoms with Crippen molar-refractivity contribution < 1.29 is 9.53 Å². The van der Waals surface area contributed by atoms with E-state index in [-0.39, 0.29) is 11.8 Å². The molecule has 5 heteroatoms. The number of hydrogen-bond donors (Lipinski definition) is 1. The maximum absolute atomic E-state index is 12.8. The molecule has 1 unspecified atom stereocenters. The summed E-state index contributed by atoms with van der Waals surface area (Å²) in [6.07, 6.45) is -0.502. The van der Waals surface area contributed by atoms with Gasteiger partial charge in [-0.3, -0.25) is 9.69 Å². The van der Waals surface area contributed by atoms with Crippen molar-refractivity contribution in [3.63, 3.8) is 0 Å². The van der Waals surface area contributed by atoms with Crippen LogP contribution < -0.4 is 15.4 Å². The summed E-state index contributed by atoms with van der Waals surface area (Å²) in [5, 5.41) is 0. The number of aromatic nitrogens is 1. The average molecular weight is 311 g/mol. The average Bonchev–Trinajstić information content (AvgIpc) is 2.51. The number of benzene rings is 1. The van der Waals surface area contributed by atoms with Crippen molar-refractivity contribution in [1.29, 1.82) is 0 Å². The van der Waals surface area contributed by atoms with Gasteiger partial charge >= 0.3 is 0 Å². The summed E-state index contributed by atoms with van der Waals surface area (Å²) in [5.74, 6) is 1.47. The first-order valence-electron chi connectivity index (χ1n) is 7.76. The molecule has 0 fully saturated rings. The second-order valence-electron chi connectivity index (χ2n) is 6.25. The summed E-state index contributed by atoms with van der Waals surface area (Å²) in [6, 6.07) is 11.6. The number of hydrogen-bond acceptors (Lipinski definition) is 4. The maximum atomic E-state index is 12.8. The number of fused-ring (bicyclic) bond motifs is 1. The SMILES string of the molecule is Cc1ccc(CN2C(=O)C(C(C)C)Oc3ccc(N)nc32)cc1. The molecule has 0 saturated heterocycles. The standard InChI is InChI=1S/C18H21N3O2/c1-11(2)16-18(22)21(10-13-6-4-12(3)5-7-13)17-14(23-16)8-9-15(19)20-17/h4-9,11,16H,10H2,1-3H3,(H2,19,20). The molecule has 2 heterocycles. The minimum absolute atomic E-state index is 0.0775. The van der Waals surface area contributed by atoms with Crippen molar-refractivity contribution in [3.05, 3.63) is 47.5 Å². The zero-order chi connectivity index (χ0) is 16.6. The van der Waals surface area contributed by atoms with Crippen LogP contribution >= 0.6 is 0 Å². The molecule has 0 radical (unpaired) electrons. The monoisotopic (exact) mass is 311 g/mol. The van der Waals surface area contributed by atoms with Crippen LogP contribution in [0.5, 0.6) is 5.75 Å². The van der Waals surface area contributed by atoms with Gasteiger partial charge in [-0.05, 0) is 30.5 Å². The quantitative estimate of drug-likeness (QED) is 0.946. The predicted molar refractivity (Wildman–Crippen MR) is 90.3 cm³/mol. The van der Waals surface area contributed by atoms with Crippen LogP contribution in [0.2, 0.25) is 0 Å². The third kappa shape index (κ3) is 2.99. The lowest BCUT2D eigenvalue weighted by atomic mass is 10.0. The zero-order valence-electron chi connectivity index (χ0n) is 13.6. The van der Waals surface area contributed by atoms with E-state index in [1.807, 2.05) is 45.0 Å². The van der Waals surface area contributed by atoms with Crippen LogP contribution in [0.4, 0.5) is 11.6 Å². The Hall–Kier alpha value is -2.56. The minimum Gasteiger partial charge on any atom is -0.476 e. The molecule has 0 aliphatic carbocycles. The lowest BCUT2D eigenvalue weighted by molar-refractivity contribution is -0.128. The topological polar surface area (TPSA) is 68.5 Å². The highest BCUT2D eigenvalue weighted by Crippen LogP contribution is 2.35. The Balaban J connectivity index is 2.00. The fraction of sp³-hybridized carbons (Fsp3) is 0.333. The first kappa shape index (κ1) is 15.3. The second kappa shape index (κ2) is 5.91. The van der Waals surface area contributed by atoms with Crippen LogP contribution in [-0.4, -0.2) is 17.0 Å². The molecular formula is C18H21N3O2. The second-order valence-corrected chi connectivity index (χ2v) is 6.25. The van der Waals surface area contributed by atoms with Crippen LogP contribution in [0.15, 0.2) is 36.4 Å². The summed E-state index contributed by atoms with van der Waals surface area (Å²) in [5.41, 5.74) is 8.02. The van der Waals surface area contributed by atoms with Crippen molar-refractivity contribution in [2.24, 2.45) is 5.92 Å². The Bertz CT molecular complexity index is 726. The number of carbonyl (C=O) groups excluding carboxylic acids is 1. The molecule has 0 spiro atoms. The van der Waals surface area contributed by atoms with Gasteiger partial charge in [-0.15, -0.1) is 0 Å². The molecule has 3 rings (SSSR count). The summed E-state index contributed by atoms with van der Waals surface area (Å²) in [4.78, 5) is 18.8. The third-order valence-corrected chi connectivity index (χ3v) is 3.95. The Morgan fingerprint density at radius 2 is 1.91 bits per heavy atom. The lowest BCUT2D eigenvalue weighted by Crippen LogP contribution is -2.48. The van der Waals surface area contributed by atoms with Gasteiger partial charge in [0.2, 0.25) is 0 Å². The van der Waals surface area contributed by atoms with Crippen molar-refractivity contribution in [2.75, 3.05) is 10.6 Å².